The molecule has 0 aliphatic heterocycles. The lowest BCUT2D eigenvalue weighted by Gasteiger charge is -2.19. The van der Waals surface area contributed by atoms with Gasteiger partial charge in [0.15, 0.2) is 0 Å². The van der Waals surface area contributed by atoms with Crippen molar-refractivity contribution in [2.24, 2.45) is 0 Å². The number of aromatic nitrogens is 4. The van der Waals surface area contributed by atoms with Gasteiger partial charge in [0.05, 0.1) is 24.1 Å². The normalized spacial score (nSPS) is 11.4. The molecule has 3 N–H and O–H groups in total. The number of aromatic amines is 1. The first-order valence-electron chi connectivity index (χ1n) is 13.1. The standard InChI is InChI=1S/C30H36N6O2/c1-5-31-28(37)33-25-17-18-26(32-19-25)23-13-9-21(10-14-23)7-6-8-27-34-29(38)36(35-27)20-22-11-15-24(16-12-22)30(2,3)4/h9-19H,5-8,20H2,1-4H3,(H2,31,33,37)(H,34,35,38). The lowest BCUT2D eigenvalue weighted by molar-refractivity contribution is 0.252. The van der Waals surface area contributed by atoms with Crippen molar-refractivity contribution in [3.8, 4) is 11.3 Å². The summed E-state index contributed by atoms with van der Waals surface area (Å²) in [7, 11) is 0. The number of rotatable bonds is 9. The number of pyridine rings is 1. The third-order valence-corrected chi connectivity index (χ3v) is 6.37. The Balaban J connectivity index is 1.28. The zero-order valence-corrected chi connectivity index (χ0v) is 22.5. The number of aryl methyl sites for hydroxylation is 2. The van der Waals surface area contributed by atoms with Gasteiger partial charge in [0.2, 0.25) is 0 Å². The number of carbonyl (C=O) groups is 1. The van der Waals surface area contributed by atoms with E-state index in [-0.39, 0.29) is 17.1 Å². The van der Waals surface area contributed by atoms with Crippen molar-refractivity contribution >= 4 is 11.7 Å². The maximum Gasteiger partial charge on any atom is 0.343 e. The van der Waals surface area contributed by atoms with Crippen molar-refractivity contribution in [1.82, 2.24) is 25.1 Å². The fourth-order valence-corrected chi connectivity index (χ4v) is 4.18. The first kappa shape index (κ1) is 26.9. The summed E-state index contributed by atoms with van der Waals surface area (Å²) >= 11 is 0. The molecule has 8 nitrogen and oxygen atoms in total. The van der Waals surface area contributed by atoms with Crippen molar-refractivity contribution in [2.75, 3.05) is 11.9 Å². The number of nitrogens with zero attached hydrogens (tertiary/aromatic N) is 3. The van der Waals surface area contributed by atoms with Gasteiger partial charge in [0.25, 0.3) is 0 Å². The Morgan fingerprint density at radius 2 is 1.66 bits per heavy atom. The van der Waals surface area contributed by atoms with Crippen LogP contribution in [-0.2, 0) is 24.8 Å². The number of hydrogen-bond acceptors (Lipinski definition) is 4. The zero-order chi connectivity index (χ0) is 27.1. The highest BCUT2D eigenvalue weighted by atomic mass is 16.2. The van der Waals surface area contributed by atoms with E-state index in [0.717, 1.165) is 29.7 Å². The van der Waals surface area contributed by atoms with Gasteiger partial charge in [-0.05, 0) is 54.0 Å². The van der Waals surface area contributed by atoms with Crippen LogP contribution in [0.4, 0.5) is 10.5 Å². The molecular weight excluding hydrogens is 476 g/mol. The summed E-state index contributed by atoms with van der Waals surface area (Å²) in [4.78, 5) is 31.4. The van der Waals surface area contributed by atoms with Crippen LogP contribution in [0.2, 0.25) is 0 Å². The molecule has 4 aromatic rings. The van der Waals surface area contributed by atoms with Crippen molar-refractivity contribution in [2.45, 2.75) is 58.9 Å². The minimum atomic E-state index is -0.242. The molecule has 2 amide bonds. The minimum Gasteiger partial charge on any atom is -0.338 e. The Morgan fingerprint density at radius 1 is 0.947 bits per heavy atom. The number of benzene rings is 2. The molecule has 0 fully saturated rings. The quantitative estimate of drug-likeness (QED) is 0.283. The first-order chi connectivity index (χ1) is 18.2. The van der Waals surface area contributed by atoms with E-state index >= 15 is 0 Å². The molecule has 0 aliphatic carbocycles. The summed E-state index contributed by atoms with van der Waals surface area (Å²) in [5, 5.41) is 9.95. The molecule has 38 heavy (non-hydrogen) atoms. The van der Waals surface area contributed by atoms with Gasteiger partial charge in [-0.15, -0.1) is 0 Å². The summed E-state index contributed by atoms with van der Waals surface area (Å²) in [6.45, 7) is 9.45. The maximum atomic E-state index is 12.4. The van der Waals surface area contributed by atoms with Crippen LogP contribution in [0.25, 0.3) is 11.3 Å². The Morgan fingerprint density at radius 3 is 2.29 bits per heavy atom. The molecule has 0 bridgehead atoms. The van der Waals surface area contributed by atoms with E-state index in [0.29, 0.717) is 31.0 Å². The average molecular weight is 513 g/mol. The molecule has 198 valence electrons. The number of nitrogens with one attached hydrogen (secondary N) is 3. The van der Waals surface area contributed by atoms with Gasteiger partial charge in [-0.1, -0.05) is 69.3 Å². The van der Waals surface area contributed by atoms with E-state index in [1.807, 2.05) is 19.1 Å². The Bertz CT molecular complexity index is 1400. The molecule has 0 spiro atoms. The molecule has 0 radical (unpaired) electrons. The average Bonchev–Trinajstić information content (AvgIpc) is 3.23. The van der Waals surface area contributed by atoms with Crippen molar-refractivity contribution < 1.29 is 4.79 Å². The zero-order valence-electron chi connectivity index (χ0n) is 22.5. The fourth-order valence-electron chi connectivity index (χ4n) is 4.18. The monoisotopic (exact) mass is 512 g/mol. The van der Waals surface area contributed by atoms with Gasteiger partial charge in [0, 0.05) is 18.5 Å². The summed E-state index contributed by atoms with van der Waals surface area (Å²) in [6.07, 6.45) is 4.12. The molecule has 0 aliphatic rings. The Hall–Kier alpha value is -4.20. The van der Waals surface area contributed by atoms with E-state index in [1.54, 1.807) is 6.20 Å². The van der Waals surface area contributed by atoms with Gasteiger partial charge in [0.1, 0.15) is 5.82 Å². The molecule has 2 aromatic carbocycles. The molecule has 0 saturated heterocycles. The molecule has 4 rings (SSSR count). The lowest BCUT2D eigenvalue weighted by atomic mass is 9.87. The molecular formula is C30H36N6O2. The lowest BCUT2D eigenvalue weighted by Crippen LogP contribution is -2.28. The molecule has 8 heteroatoms. The summed E-state index contributed by atoms with van der Waals surface area (Å²) in [6, 6.07) is 20.2. The van der Waals surface area contributed by atoms with Crippen molar-refractivity contribution in [3.63, 3.8) is 0 Å². The summed E-state index contributed by atoms with van der Waals surface area (Å²) in [5.41, 5.74) is 5.96. The van der Waals surface area contributed by atoms with Crippen LogP contribution in [0.3, 0.4) is 0 Å². The van der Waals surface area contributed by atoms with Crippen molar-refractivity contribution in [3.05, 3.63) is 99.9 Å². The predicted octanol–water partition coefficient (Wildman–Crippen LogP) is 5.30. The SMILES string of the molecule is CCNC(=O)Nc1ccc(-c2ccc(CCCc3nn(Cc4ccc(C(C)(C)C)cc4)c(=O)[nH]3)cc2)nc1. The van der Waals surface area contributed by atoms with Crippen LogP contribution in [0.5, 0.6) is 0 Å². The Kier molecular flexibility index (Phi) is 8.41. The number of H-pyrrole nitrogens is 1. The van der Waals surface area contributed by atoms with Gasteiger partial charge < -0.3 is 10.6 Å². The molecule has 0 saturated carbocycles. The van der Waals surface area contributed by atoms with E-state index in [4.69, 9.17) is 0 Å². The van der Waals surface area contributed by atoms with Crippen molar-refractivity contribution in [1.29, 1.82) is 0 Å². The first-order valence-corrected chi connectivity index (χ1v) is 13.1. The molecule has 2 aromatic heterocycles. The van der Waals surface area contributed by atoms with Crippen LogP contribution in [0.1, 0.15) is 56.6 Å². The topological polar surface area (TPSA) is 105 Å². The largest absolute Gasteiger partial charge is 0.343 e. The summed E-state index contributed by atoms with van der Waals surface area (Å²) < 4.78 is 1.50. The highest BCUT2D eigenvalue weighted by Gasteiger charge is 2.13. The number of urea groups is 1. The minimum absolute atomic E-state index is 0.101. The molecule has 0 atom stereocenters. The molecule has 0 unspecified atom stereocenters. The second kappa shape index (κ2) is 11.9. The molecule has 2 heterocycles. The van der Waals surface area contributed by atoms with E-state index in [1.165, 1.54) is 15.8 Å². The highest BCUT2D eigenvalue weighted by Crippen LogP contribution is 2.22. The van der Waals surface area contributed by atoms with Gasteiger partial charge in [-0.2, -0.15) is 5.10 Å². The second-order valence-corrected chi connectivity index (χ2v) is 10.4. The number of carbonyl (C=O) groups excluding carboxylic acids is 1. The van der Waals surface area contributed by atoms with Gasteiger partial charge in [-0.25, -0.2) is 14.3 Å². The second-order valence-electron chi connectivity index (χ2n) is 10.4. The third kappa shape index (κ3) is 7.18. The highest BCUT2D eigenvalue weighted by molar-refractivity contribution is 5.89. The Labute approximate surface area is 223 Å². The van der Waals surface area contributed by atoms with Crippen LogP contribution < -0.4 is 16.3 Å². The number of hydrogen-bond donors (Lipinski definition) is 3. The smallest absolute Gasteiger partial charge is 0.338 e. The fraction of sp³-hybridized carbons (Fsp3) is 0.333. The summed E-state index contributed by atoms with van der Waals surface area (Å²) in [5.74, 6) is 0.712. The van der Waals surface area contributed by atoms with Gasteiger partial charge in [-0.3, -0.25) is 9.97 Å². The predicted molar refractivity (Wildman–Crippen MR) is 151 cm³/mol. The van der Waals surface area contributed by atoms with E-state index < -0.39 is 0 Å². The van der Waals surface area contributed by atoms with E-state index in [9.17, 15) is 9.59 Å². The number of anilines is 1. The number of amides is 2. The third-order valence-electron chi connectivity index (χ3n) is 6.37. The maximum absolute atomic E-state index is 12.4. The van der Waals surface area contributed by atoms with Crippen LogP contribution in [0.15, 0.2) is 71.7 Å². The van der Waals surface area contributed by atoms with Crippen LogP contribution in [-0.4, -0.2) is 32.3 Å². The van der Waals surface area contributed by atoms with Crippen LogP contribution >= 0.6 is 0 Å². The van der Waals surface area contributed by atoms with Gasteiger partial charge >= 0.3 is 11.7 Å². The van der Waals surface area contributed by atoms with Crippen LogP contribution in [0, 0.1) is 0 Å². The van der Waals surface area contributed by atoms with E-state index in [2.05, 4.69) is 95.0 Å².